The van der Waals surface area contributed by atoms with Crippen LogP contribution in [0, 0.1) is 0 Å². The van der Waals surface area contributed by atoms with E-state index in [4.69, 9.17) is 0 Å². The first kappa shape index (κ1) is 23.3. The lowest BCUT2D eigenvalue weighted by Gasteiger charge is -2.28. The van der Waals surface area contributed by atoms with Gasteiger partial charge < -0.3 is 20.4 Å². The van der Waals surface area contributed by atoms with Gasteiger partial charge in [0.15, 0.2) is 5.96 Å². The highest BCUT2D eigenvalue weighted by Crippen LogP contribution is 2.18. The van der Waals surface area contributed by atoms with Crippen LogP contribution in [-0.4, -0.2) is 67.8 Å². The normalized spacial score (nSPS) is 13.3. The van der Waals surface area contributed by atoms with Crippen LogP contribution in [-0.2, 0) is 24.2 Å². The molecule has 0 atom stereocenters. The lowest BCUT2D eigenvalue weighted by molar-refractivity contribution is -0.130. The van der Waals surface area contributed by atoms with Gasteiger partial charge in [0.25, 0.3) is 5.91 Å². The zero-order valence-electron chi connectivity index (χ0n) is 19.2. The SMILES string of the molecule is CCNC(=NCC(=O)N1CCc2ccccc2C1)NCCc1cccc(C(=O)N(C)C)c1. The molecule has 0 fully saturated rings. The summed E-state index contributed by atoms with van der Waals surface area (Å²) < 4.78 is 0. The monoisotopic (exact) mass is 435 g/mol. The predicted octanol–water partition coefficient (Wildman–Crippen LogP) is 2.07. The number of fused-ring (bicyclic) bond motifs is 1. The van der Waals surface area contributed by atoms with Crippen molar-refractivity contribution in [1.82, 2.24) is 20.4 Å². The fraction of sp³-hybridized carbons (Fsp3) is 0.400. The molecular formula is C25H33N5O2. The van der Waals surface area contributed by atoms with E-state index in [2.05, 4.69) is 27.8 Å². The second kappa shape index (κ2) is 11.3. The number of nitrogens with zero attached hydrogens (tertiary/aromatic N) is 3. The highest BCUT2D eigenvalue weighted by atomic mass is 16.2. The van der Waals surface area contributed by atoms with Crippen molar-refractivity contribution in [3.63, 3.8) is 0 Å². The van der Waals surface area contributed by atoms with E-state index >= 15 is 0 Å². The Morgan fingerprint density at radius 1 is 1.06 bits per heavy atom. The molecule has 2 amide bonds. The second-order valence-electron chi connectivity index (χ2n) is 8.11. The Morgan fingerprint density at radius 3 is 2.59 bits per heavy atom. The van der Waals surface area contributed by atoms with Gasteiger partial charge in [-0.1, -0.05) is 36.4 Å². The van der Waals surface area contributed by atoms with Crippen LogP contribution in [0.2, 0.25) is 0 Å². The maximum absolute atomic E-state index is 12.7. The van der Waals surface area contributed by atoms with Crippen LogP contribution in [0.1, 0.15) is 34.0 Å². The molecule has 32 heavy (non-hydrogen) atoms. The molecule has 170 valence electrons. The number of nitrogens with one attached hydrogen (secondary N) is 2. The van der Waals surface area contributed by atoms with E-state index in [-0.39, 0.29) is 18.4 Å². The number of hydrogen-bond acceptors (Lipinski definition) is 3. The van der Waals surface area contributed by atoms with Gasteiger partial charge >= 0.3 is 0 Å². The molecule has 7 heteroatoms. The predicted molar refractivity (Wildman–Crippen MR) is 128 cm³/mol. The first-order valence-corrected chi connectivity index (χ1v) is 11.1. The Hall–Kier alpha value is -3.35. The van der Waals surface area contributed by atoms with Gasteiger partial charge in [0.1, 0.15) is 6.54 Å². The van der Waals surface area contributed by atoms with E-state index in [1.807, 2.05) is 48.2 Å². The van der Waals surface area contributed by atoms with Gasteiger partial charge in [-0.15, -0.1) is 0 Å². The van der Waals surface area contributed by atoms with Gasteiger partial charge in [-0.25, -0.2) is 4.99 Å². The quantitative estimate of drug-likeness (QED) is 0.516. The van der Waals surface area contributed by atoms with Crippen LogP contribution in [0.25, 0.3) is 0 Å². The molecule has 1 aliphatic heterocycles. The fourth-order valence-electron chi connectivity index (χ4n) is 3.74. The molecule has 2 aromatic rings. The number of rotatable bonds is 7. The third kappa shape index (κ3) is 6.33. The summed E-state index contributed by atoms with van der Waals surface area (Å²) in [5.74, 6) is 0.652. The highest BCUT2D eigenvalue weighted by molar-refractivity contribution is 5.94. The average Bonchev–Trinajstić information content (AvgIpc) is 2.81. The summed E-state index contributed by atoms with van der Waals surface area (Å²) in [7, 11) is 3.50. The van der Waals surface area contributed by atoms with Crippen LogP contribution in [0.15, 0.2) is 53.5 Å². The van der Waals surface area contributed by atoms with Crippen molar-refractivity contribution in [1.29, 1.82) is 0 Å². The van der Waals surface area contributed by atoms with Gasteiger partial charge in [-0.3, -0.25) is 9.59 Å². The summed E-state index contributed by atoms with van der Waals surface area (Å²) in [6, 6.07) is 16.0. The fourth-order valence-corrected chi connectivity index (χ4v) is 3.74. The van der Waals surface area contributed by atoms with E-state index in [1.54, 1.807) is 19.0 Å². The number of amides is 2. The molecular weight excluding hydrogens is 402 g/mol. The molecule has 0 aliphatic carbocycles. The first-order valence-electron chi connectivity index (χ1n) is 11.1. The maximum atomic E-state index is 12.7. The molecule has 0 saturated heterocycles. The summed E-state index contributed by atoms with van der Waals surface area (Å²) in [4.78, 5) is 32.8. The number of carbonyl (C=O) groups is 2. The van der Waals surface area contributed by atoms with Crippen molar-refractivity contribution >= 4 is 17.8 Å². The molecule has 0 radical (unpaired) electrons. The van der Waals surface area contributed by atoms with Crippen molar-refractivity contribution in [2.45, 2.75) is 26.3 Å². The zero-order valence-corrected chi connectivity index (χ0v) is 19.2. The standard InChI is InChI=1S/C25H33N5O2/c1-4-26-25(27-14-12-19-8-7-11-21(16-19)24(32)29(2)3)28-17-23(31)30-15-13-20-9-5-6-10-22(20)18-30/h5-11,16H,4,12-15,17-18H2,1-3H3,(H2,26,27,28). The summed E-state index contributed by atoms with van der Waals surface area (Å²) >= 11 is 0. The Kier molecular flexibility index (Phi) is 8.25. The van der Waals surface area contributed by atoms with Crippen LogP contribution in [0.5, 0.6) is 0 Å². The number of guanidine groups is 1. The molecule has 7 nitrogen and oxygen atoms in total. The van der Waals surface area contributed by atoms with Crippen molar-refractivity contribution in [2.24, 2.45) is 4.99 Å². The lowest BCUT2D eigenvalue weighted by atomic mass is 10.00. The van der Waals surface area contributed by atoms with Gasteiger partial charge in [0.2, 0.25) is 5.91 Å². The van der Waals surface area contributed by atoms with Crippen molar-refractivity contribution in [3.8, 4) is 0 Å². The average molecular weight is 436 g/mol. The van der Waals surface area contributed by atoms with Gasteiger partial charge in [0, 0.05) is 45.8 Å². The topological polar surface area (TPSA) is 77.0 Å². The molecule has 1 aliphatic rings. The number of aliphatic imine (C=N–C) groups is 1. The molecule has 3 rings (SSSR count). The van der Waals surface area contributed by atoms with E-state index < -0.39 is 0 Å². The number of carbonyl (C=O) groups excluding carboxylic acids is 2. The van der Waals surface area contributed by atoms with Crippen molar-refractivity contribution in [3.05, 3.63) is 70.8 Å². The molecule has 0 aromatic heterocycles. The minimum atomic E-state index is -0.00596. The smallest absolute Gasteiger partial charge is 0.253 e. The minimum Gasteiger partial charge on any atom is -0.357 e. The van der Waals surface area contributed by atoms with E-state index in [9.17, 15) is 9.59 Å². The van der Waals surface area contributed by atoms with E-state index in [0.717, 1.165) is 24.9 Å². The second-order valence-corrected chi connectivity index (χ2v) is 8.11. The molecule has 0 spiro atoms. The number of hydrogen-bond donors (Lipinski definition) is 2. The Balaban J connectivity index is 1.52. The Morgan fingerprint density at radius 2 is 1.84 bits per heavy atom. The lowest BCUT2D eigenvalue weighted by Crippen LogP contribution is -2.41. The third-order valence-corrected chi connectivity index (χ3v) is 5.49. The minimum absolute atomic E-state index is 0.00596. The molecule has 1 heterocycles. The molecule has 2 aromatic carbocycles. The Labute approximate surface area is 190 Å². The summed E-state index contributed by atoms with van der Waals surface area (Å²) in [6.07, 6.45) is 1.63. The molecule has 2 N–H and O–H groups in total. The van der Waals surface area contributed by atoms with Crippen LogP contribution in [0.4, 0.5) is 0 Å². The first-order chi connectivity index (χ1) is 15.5. The maximum Gasteiger partial charge on any atom is 0.253 e. The van der Waals surface area contributed by atoms with Crippen LogP contribution < -0.4 is 10.6 Å². The highest BCUT2D eigenvalue weighted by Gasteiger charge is 2.20. The molecule has 0 saturated carbocycles. The van der Waals surface area contributed by atoms with Crippen LogP contribution in [0.3, 0.4) is 0 Å². The van der Waals surface area contributed by atoms with Crippen LogP contribution >= 0.6 is 0 Å². The largest absolute Gasteiger partial charge is 0.357 e. The van der Waals surface area contributed by atoms with Crippen molar-refractivity contribution in [2.75, 3.05) is 40.3 Å². The van der Waals surface area contributed by atoms with E-state index in [1.165, 1.54) is 11.1 Å². The van der Waals surface area contributed by atoms with Gasteiger partial charge in [0.05, 0.1) is 0 Å². The summed E-state index contributed by atoms with van der Waals surface area (Å²) in [6.45, 7) is 4.86. The molecule has 0 bridgehead atoms. The van der Waals surface area contributed by atoms with Gasteiger partial charge in [-0.05, 0) is 48.6 Å². The van der Waals surface area contributed by atoms with E-state index in [0.29, 0.717) is 31.2 Å². The molecule has 0 unspecified atom stereocenters. The Bertz CT molecular complexity index is 970. The number of benzene rings is 2. The van der Waals surface area contributed by atoms with Crippen molar-refractivity contribution < 1.29 is 9.59 Å². The summed E-state index contributed by atoms with van der Waals surface area (Å²) in [5, 5.41) is 6.48. The zero-order chi connectivity index (χ0) is 22.9. The third-order valence-electron chi connectivity index (χ3n) is 5.49. The van der Waals surface area contributed by atoms with Gasteiger partial charge in [-0.2, -0.15) is 0 Å². The summed E-state index contributed by atoms with van der Waals surface area (Å²) in [5.41, 5.74) is 4.30.